The summed E-state index contributed by atoms with van der Waals surface area (Å²) in [4.78, 5) is 22.3. The number of halogens is 1. The highest BCUT2D eigenvalue weighted by molar-refractivity contribution is 5.94. The van der Waals surface area contributed by atoms with Crippen LogP contribution in [0.2, 0.25) is 0 Å². The Morgan fingerprint density at radius 2 is 1.68 bits per heavy atom. The van der Waals surface area contributed by atoms with Gasteiger partial charge in [0, 0.05) is 50.0 Å². The van der Waals surface area contributed by atoms with E-state index in [1.807, 2.05) is 23.1 Å². The zero-order valence-electron chi connectivity index (χ0n) is 23.6. The summed E-state index contributed by atoms with van der Waals surface area (Å²) in [6.45, 7) is 7.61. The molecule has 208 valence electrons. The molecule has 6 rings (SSSR count). The van der Waals surface area contributed by atoms with Crippen molar-refractivity contribution in [1.82, 2.24) is 19.2 Å². The SMILES string of the molecule is COc1cccc(-c2nc3ccc(-c4cc(C)ccc4C)cn3c2CN2CCN(C(=O)c3ccc(F)cc3)CC2)c1. The predicted octanol–water partition coefficient (Wildman–Crippen LogP) is 6.39. The fourth-order valence-electron chi connectivity index (χ4n) is 5.55. The Morgan fingerprint density at radius 1 is 0.902 bits per heavy atom. The largest absolute Gasteiger partial charge is 0.497 e. The molecule has 0 unspecified atom stereocenters. The molecule has 0 saturated carbocycles. The van der Waals surface area contributed by atoms with E-state index in [2.05, 4.69) is 65.7 Å². The number of amides is 1. The van der Waals surface area contributed by atoms with Gasteiger partial charge >= 0.3 is 0 Å². The Labute approximate surface area is 239 Å². The molecule has 0 bridgehead atoms. The molecule has 1 fully saturated rings. The standard InChI is InChI=1S/C34H33FN4O2/c1-23-7-8-24(2)30(19-23)27-11-14-32-36-33(26-5-4-6-29(20-26)41-3)31(39(32)21-27)22-37-15-17-38(18-16-37)34(40)25-9-12-28(35)13-10-25/h4-14,19-21H,15-18,22H2,1-3H3. The molecule has 0 radical (unpaired) electrons. The van der Waals surface area contributed by atoms with Crippen LogP contribution in [0.5, 0.6) is 5.75 Å². The molecular weight excluding hydrogens is 515 g/mol. The number of methoxy groups -OCH3 is 1. The predicted molar refractivity (Wildman–Crippen MR) is 160 cm³/mol. The second kappa shape index (κ2) is 11.2. The minimum atomic E-state index is -0.341. The molecular formula is C34H33FN4O2. The number of hydrogen-bond donors (Lipinski definition) is 0. The minimum absolute atomic E-state index is 0.0605. The number of rotatable bonds is 6. The van der Waals surface area contributed by atoms with Crippen molar-refractivity contribution in [3.05, 3.63) is 113 Å². The van der Waals surface area contributed by atoms with Gasteiger partial charge in [-0.3, -0.25) is 9.69 Å². The van der Waals surface area contributed by atoms with E-state index in [0.29, 0.717) is 25.2 Å². The molecule has 0 aliphatic carbocycles. The molecule has 6 nitrogen and oxygen atoms in total. The van der Waals surface area contributed by atoms with Crippen molar-refractivity contribution in [2.75, 3.05) is 33.3 Å². The van der Waals surface area contributed by atoms with Gasteiger partial charge in [0.05, 0.1) is 18.5 Å². The zero-order valence-corrected chi connectivity index (χ0v) is 23.6. The average molecular weight is 549 g/mol. The van der Waals surface area contributed by atoms with Crippen LogP contribution < -0.4 is 4.74 Å². The number of ether oxygens (including phenoxy) is 1. The van der Waals surface area contributed by atoms with E-state index in [-0.39, 0.29) is 11.7 Å². The maximum atomic E-state index is 13.3. The Hall–Kier alpha value is -4.49. The van der Waals surface area contributed by atoms with Gasteiger partial charge in [-0.25, -0.2) is 9.37 Å². The summed E-state index contributed by atoms with van der Waals surface area (Å²) in [5.74, 6) is 0.385. The topological polar surface area (TPSA) is 50.1 Å². The van der Waals surface area contributed by atoms with E-state index in [4.69, 9.17) is 9.72 Å². The van der Waals surface area contributed by atoms with Crippen molar-refractivity contribution in [2.45, 2.75) is 20.4 Å². The van der Waals surface area contributed by atoms with E-state index >= 15 is 0 Å². The molecule has 41 heavy (non-hydrogen) atoms. The maximum Gasteiger partial charge on any atom is 0.253 e. The number of pyridine rings is 1. The highest BCUT2D eigenvalue weighted by Gasteiger charge is 2.25. The van der Waals surface area contributed by atoms with Crippen LogP contribution in [-0.2, 0) is 6.54 Å². The molecule has 5 aromatic rings. The van der Waals surface area contributed by atoms with Crippen molar-refractivity contribution in [3.8, 4) is 28.1 Å². The number of nitrogens with zero attached hydrogens (tertiary/aromatic N) is 4. The Morgan fingerprint density at radius 3 is 2.44 bits per heavy atom. The van der Waals surface area contributed by atoms with E-state index in [0.717, 1.165) is 47.0 Å². The Bertz CT molecular complexity index is 1720. The molecule has 7 heteroatoms. The fourth-order valence-corrected chi connectivity index (χ4v) is 5.55. The lowest BCUT2D eigenvalue weighted by atomic mass is 10.00. The number of aryl methyl sites for hydroxylation is 2. The van der Waals surface area contributed by atoms with Crippen LogP contribution in [0.3, 0.4) is 0 Å². The third-order valence-electron chi connectivity index (χ3n) is 7.89. The second-order valence-corrected chi connectivity index (χ2v) is 10.7. The molecule has 3 aromatic carbocycles. The highest BCUT2D eigenvalue weighted by atomic mass is 19.1. The van der Waals surface area contributed by atoms with Gasteiger partial charge in [0.2, 0.25) is 0 Å². The quantitative estimate of drug-likeness (QED) is 0.247. The molecule has 2 aromatic heterocycles. The van der Waals surface area contributed by atoms with Gasteiger partial charge in [-0.2, -0.15) is 0 Å². The molecule has 1 aliphatic rings. The van der Waals surface area contributed by atoms with Crippen molar-refractivity contribution in [1.29, 1.82) is 0 Å². The van der Waals surface area contributed by atoms with Crippen LogP contribution >= 0.6 is 0 Å². The Kier molecular flexibility index (Phi) is 7.28. The lowest BCUT2D eigenvalue weighted by Crippen LogP contribution is -2.48. The summed E-state index contributed by atoms with van der Waals surface area (Å²) in [5.41, 5.74) is 9.23. The lowest BCUT2D eigenvalue weighted by molar-refractivity contribution is 0.0627. The van der Waals surface area contributed by atoms with Gasteiger partial charge < -0.3 is 14.0 Å². The molecule has 3 heterocycles. The van der Waals surface area contributed by atoms with Gasteiger partial charge in [-0.15, -0.1) is 0 Å². The molecule has 1 aliphatic heterocycles. The number of hydrogen-bond acceptors (Lipinski definition) is 4. The van der Waals surface area contributed by atoms with E-state index in [9.17, 15) is 9.18 Å². The number of aromatic nitrogens is 2. The van der Waals surface area contributed by atoms with Gasteiger partial charge in [-0.1, -0.05) is 35.9 Å². The van der Waals surface area contributed by atoms with E-state index < -0.39 is 0 Å². The number of piperazine rings is 1. The van der Waals surface area contributed by atoms with Crippen molar-refractivity contribution in [3.63, 3.8) is 0 Å². The van der Waals surface area contributed by atoms with Crippen molar-refractivity contribution < 1.29 is 13.9 Å². The third-order valence-corrected chi connectivity index (χ3v) is 7.89. The first kappa shape index (κ1) is 26.7. The summed E-state index contributed by atoms with van der Waals surface area (Å²) in [6, 6.07) is 24.6. The van der Waals surface area contributed by atoms with Crippen LogP contribution in [0.15, 0.2) is 85.1 Å². The number of carbonyl (C=O) groups excluding carboxylic acids is 1. The van der Waals surface area contributed by atoms with Crippen LogP contribution in [0.1, 0.15) is 27.2 Å². The van der Waals surface area contributed by atoms with Crippen LogP contribution in [0.4, 0.5) is 4.39 Å². The summed E-state index contributed by atoms with van der Waals surface area (Å²) >= 11 is 0. The molecule has 1 saturated heterocycles. The Balaban J connectivity index is 1.33. The number of imidazole rings is 1. The second-order valence-electron chi connectivity index (χ2n) is 10.7. The summed E-state index contributed by atoms with van der Waals surface area (Å²) in [6.07, 6.45) is 2.19. The monoisotopic (exact) mass is 548 g/mol. The summed E-state index contributed by atoms with van der Waals surface area (Å²) < 4.78 is 21.1. The van der Waals surface area contributed by atoms with Crippen molar-refractivity contribution >= 4 is 11.6 Å². The van der Waals surface area contributed by atoms with Crippen LogP contribution in [0, 0.1) is 19.7 Å². The molecule has 1 amide bonds. The summed E-state index contributed by atoms with van der Waals surface area (Å²) in [5, 5.41) is 0. The first-order valence-electron chi connectivity index (χ1n) is 13.9. The van der Waals surface area contributed by atoms with Gasteiger partial charge in [-0.05, 0) is 79.1 Å². The maximum absolute atomic E-state index is 13.3. The first-order chi connectivity index (χ1) is 19.9. The number of fused-ring (bicyclic) bond motifs is 1. The normalized spacial score (nSPS) is 14.0. The van der Waals surface area contributed by atoms with Crippen molar-refractivity contribution in [2.24, 2.45) is 0 Å². The van der Waals surface area contributed by atoms with E-state index in [1.54, 1.807) is 19.2 Å². The molecule has 0 spiro atoms. The minimum Gasteiger partial charge on any atom is -0.497 e. The van der Waals surface area contributed by atoms with Gasteiger partial charge in [0.15, 0.2) is 0 Å². The number of benzene rings is 3. The third kappa shape index (κ3) is 5.45. The average Bonchev–Trinajstić information content (AvgIpc) is 3.36. The smallest absolute Gasteiger partial charge is 0.253 e. The molecule has 0 N–H and O–H groups in total. The summed E-state index contributed by atoms with van der Waals surface area (Å²) in [7, 11) is 1.67. The fraction of sp³-hybridized carbons (Fsp3) is 0.235. The molecule has 0 atom stereocenters. The first-order valence-corrected chi connectivity index (χ1v) is 13.9. The lowest BCUT2D eigenvalue weighted by Gasteiger charge is -2.34. The van der Waals surface area contributed by atoms with E-state index in [1.165, 1.54) is 28.8 Å². The van der Waals surface area contributed by atoms with Crippen LogP contribution in [-0.4, -0.2) is 58.4 Å². The van der Waals surface area contributed by atoms with Gasteiger partial charge in [0.1, 0.15) is 17.2 Å². The number of carbonyl (C=O) groups is 1. The highest BCUT2D eigenvalue weighted by Crippen LogP contribution is 2.31. The zero-order chi connectivity index (χ0) is 28.5. The van der Waals surface area contributed by atoms with Crippen LogP contribution in [0.25, 0.3) is 28.0 Å². The van der Waals surface area contributed by atoms with Gasteiger partial charge in [0.25, 0.3) is 5.91 Å².